The van der Waals surface area contributed by atoms with Gasteiger partial charge < -0.3 is 14.8 Å². The number of ether oxygens (including phenoxy) is 2. The maximum atomic E-state index is 13.2. The van der Waals surface area contributed by atoms with Crippen molar-refractivity contribution in [3.63, 3.8) is 0 Å². The summed E-state index contributed by atoms with van der Waals surface area (Å²) in [5.41, 5.74) is 2.26. The number of carbonyl (C=O) groups is 1. The number of halogens is 1. The molecule has 3 rings (SSSR count). The fourth-order valence-corrected chi connectivity index (χ4v) is 2.85. The number of aromatic nitrogens is 2. The van der Waals surface area contributed by atoms with Gasteiger partial charge in [-0.25, -0.2) is 9.07 Å². The first-order chi connectivity index (χ1) is 14.0. The van der Waals surface area contributed by atoms with Crippen molar-refractivity contribution in [2.45, 2.75) is 26.7 Å². The Morgan fingerprint density at radius 3 is 2.66 bits per heavy atom. The summed E-state index contributed by atoms with van der Waals surface area (Å²) >= 11 is 0. The fraction of sp³-hybridized carbons (Fsp3) is 0.273. The number of amides is 1. The summed E-state index contributed by atoms with van der Waals surface area (Å²) in [6.07, 6.45) is 3.42. The number of hydrogen-bond acceptors (Lipinski definition) is 4. The Labute approximate surface area is 169 Å². The molecule has 6 nitrogen and oxygen atoms in total. The molecule has 152 valence electrons. The third kappa shape index (κ3) is 4.74. The van der Waals surface area contributed by atoms with Crippen LogP contribution in [-0.4, -0.2) is 29.4 Å². The standard InChI is InChI=1S/C22H24FN3O3/c1-4-5-12-29-21-11-10-18(28-3)13-20(21)25-22(27)19-14-24-26(15(19)2)17-8-6-16(23)7-9-17/h6-11,13-14H,4-5,12H2,1-3H3,(H,25,27). The van der Waals surface area contributed by atoms with E-state index >= 15 is 0 Å². The van der Waals surface area contributed by atoms with Gasteiger partial charge in [-0.3, -0.25) is 4.79 Å². The van der Waals surface area contributed by atoms with E-state index < -0.39 is 0 Å². The number of hydrogen-bond donors (Lipinski definition) is 1. The molecule has 1 N–H and O–H groups in total. The molecule has 0 bridgehead atoms. The number of anilines is 1. The normalized spacial score (nSPS) is 10.6. The Kier molecular flexibility index (Phi) is 6.49. The molecule has 29 heavy (non-hydrogen) atoms. The van der Waals surface area contributed by atoms with Gasteiger partial charge >= 0.3 is 0 Å². The van der Waals surface area contributed by atoms with Crippen LogP contribution in [0, 0.1) is 12.7 Å². The Morgan fingerprint density at radius 1 is 1.21 bits per heavy atom. The van der Waals surface area contributed by atoms with Crippen molar-refractivity contribution in [2.75, 3.05) is 19.0 Å². The number of nitrogens with zero attached hydrogens (tertiary/aromatic N) is 2. The Bertz CT molecular complexity index is 983. The van der Waals surface area contributed by atoms with Gasteiger partial charge in [0, 0.05) is 6.07 Å². The van der Waals surface area contributed by atoms with Gasteiger partial charge in [0.1, 0.15) is 17.3 Å². The lowest BCUT2D eigenvalue weighted by Crippen LogP contribution is -2.14. The predicted molar refractivity (Wildman–Crippen MR) is 110 cm³/mol. The number of nitrogens with one attached hydrogen (secondary N) is 1. The Balaban J connectivity index is 1.84. The van der Waals surface area contributed by atoms with Crippen molar-refractivity contribution in [1.82, 2.24) is 9.78 Å². The topological polar surface area (TPSA) is 65.4 Å². The van der Waals surface area contributed by atoms with Gasteiger partial charge in [0.05, 0.1) is 42.5 Å². The van der Waals surface area contributed by atoms with Gasteiger partial charge in [-0.15, -0.1) is 0 Å². The van der Waals surface area contributed by atoms with Gasteiger partial charge in [0.25, 0.3) is 5.91 Å². The van der Waals surface area contributed by atoms with E-state index in [-0.39, 0.29) is 11.7 Å². The average molecular weight is 397 g/mol. The molecule has 0 fully saturated rings. The molecule has 0 spiro atoms. The quantitative estimate of drug-likeness (QED) is 0.557. The van der Waals surface area contributed by atoms with Crippen LogP contribution >= 0.6 is 0 Å². The van der Waals surface area contributed by atoms with Crippen LogP contribution in [0.15, 0.2) is 48.7 Å². The zero-order valence-corrected chi connectivity index (χ0v) is 16.7. The first-order valence-corrected chi connectivity index (χ1v) is 9.46. The number of methoxy groups -OCH3 is 1. The summed E-state index contributed by atoms with van der Waals surface area (Å²) < 4.78 is 25.8. The molecule has 2 aromatic carbocycles. The molecule has 0 unspecified atom stereocenters. The summed E-state index contributed by atoms with van der Waals surface area (Å²) in [6.45, 7) is 4.43. The summed E-state index contributed by atoms with van der Waals surface area (Å²) in [7, 11) is 1.56. The first-order valence-electron chi connectivity index (χ1n) is 9.46. The molecule has 0 aliphatic heterocycles. The Morgan fingerprint density at radius 2 is 1.97 bits per heavy atom. The zero-order valence-electron chi connectivity index (χ0n) is 16.7. The molecule has 0 aliphatic rings. The van der Waals surface area contributed by atoms with Crippen LogP contribution in [0.4, 0.5) is 10.1 Å². The minimum absolute atomic E-state index is 0.315. The SMILES string of the molecule is CCCCOc1ccc(OC)cc1NC(=O)c1cnn(-c2ccc(F)cc2)c1C. The highest BCUT2D eigenvalue weighted by Gasteiger charge is 2.17. The second kappa shape index (κ2) is 9.23. The molecule has 0 atom stereocenters. The van der Waals surface area contributed by atoms with Crippen molar-refractivity contribution in [2.24, 2.45) is 0 Å². The van der Waals surface area contributed by atoms with Crippen LogP contribution in [0.25, 0.3) is 5.69 Å². The smallest absolute Gasteiger partial charge is 0.259 e. The van der Waals surface area contributed by atoms with E-state index in [4.69, 9.17) is 9.47 Å². The second-order valence-corrected chi connectivity index (χ2v) is 6.55. The van der Waals surface area contributed by atoms with E-state index in [1.54, 1.807) is 49.0 Å². The van der Waals surface area contributed by atoms with Gasteiger partial charge in [0.15, 0.2) is 0 Å². The van der Waals surface area contributed by atoms with E-state index in [9.17, 15) is 9.18 Å². The number of unbranched alkanes of at least 4 members (excludes halogenated alkanes) is 1. The van der Waals surface area contributed by atoms with E-state index in [1.807, 2.05) is 0 Å². The maximum absolute atomic E-state index is 13.2. The number of benzene rings is 2. The molecule has 1 aromatic heterocycles. The zero-order chi connectivity index (χ0) is 20.8. The lowest BCUT2D eigenvalue weighted by atomic mass is 10.2. The van der Waals surface area contributed by atoms with E-state index in [0.29, 0.717) is 40.7 Å². The van der Waals surface area contributed by atoms with Crippen molar-refractivity contribution in [3.05, 3.63) is 65.7 Å². The third-order valence-corrected chi connectivity index (χ3v) is 4.52. The third-order valence-electron chi connectivity index (χ3n) is 4.52. The average Bonchev–Trinajstić information content (AvgIpc) is 3.11. The Hall–Kier alpha value is -3.35. The van der Waals surface area contributed by atoms with E-state index in [0.717, 1.165) is 12.8 Å². The van der Waals surface area contributed by atoms with E-state index in [1.165, 1.54) is 18.3 Å². The second-order valence-electron chi connectivity index (χ2n) is 6.55. The van der Waals surface area contributed by atoms with Crippen molar-refractivity contribution in [1.29, 1.82) is 0 Å². The summed E-state index contributed by atoms with van der Waals surface area (Å²) in [5.74, 6) is 0.549. The lowest BCUT2D eigenvalue weighted by molar-refractivity contribution is 0.102. The highest BCUT2D eigenvalue weighted by Crippen LogP contribution is 2.30. The minimum atomic E-state index is -0.329. The fourth-order valence-electron chi connectivity index (χ4n) is 2.85. The van der Waals surface area contributed by atoms with Crippen LogP contribution in [-0.2, 0) is 0 Å². The molecular formula is C22H24FN3O3. The summed E-state index contributed by atoms with van der Waals surface area (Å²) in [5, 5.41) is 7.16. The van der Waals surface area contributed by atoms with Crippen molar-refractivity contribution < 1.29 is 18.7 Å². The predicted octanol–water partition coefficient (Wildman–Crippen LogP) is 4.76. The van der Waals surface area contributed by atoms with Crippen LogP contribution in [0.5, 0.6) is 11.5 Å². The van der Waals surface area contributed by atoms with Gasteiger partial charge in [0.2, 0.25) is 0 Å². The van der Waals surface area contributed by atoms with Crippen LogP contribution < -0.4 is 14.8 Å². The van der Waals surface area contributed by atoms with Gasteiger partial charge in [-0.1, -0.05) is 13.3 Å². The summed E-state index contributed by atoms with van der Waals surface area (Å²) in [6, 6.07) is 11.2. The highest BCUT2D eigenvalue weighted by molar-refractivity contribution is 6.05. The van der Waals surface area contributed by atoms with Crippen molar-refractivity contribution >= 4 is 11.6 Å². The van der Waals surface area contributed by atoms with Crippen LogP contribution in [0.1, 0.15) is 35.8 Å². The minimum Gasteiger partial charge on any atom is -0.497 e. The van der Waals surface area contributed by atoms with Crippen molar-refractivity contribution in [3.8, 4) is 17.2 Å². The monoisotopic (exact) mass is 397 g/mol. The molecule has 0 aliphatic carbocycles. The van der Waals surface area contributed by atoms with E-state index in [2.05, 4.69) is 17.3 Å². The summed E-state index contributed by atoms with van der Waals surface area (Å²) in [4.78, 5) is 12.9. The number of rotatable bonds is 8. The lowest BCUT2D eigenvalue weighted by Gasteiger charge is -2.14. The molecule has 3 aromatic rings. The largest absolute Gasteiger partial charge is 0.497 e. The molecule has 1 amide bonds. The van der Waals surface area contributed by atoms with Crippen LogP contribution in [0.3, 0.4) is 0 Å². The number of carbonyl (C=O) groups excluding carboxylic acids is 1. The maximum Gasteiger partial charge on any atom is 0.259 e. The molecule has 0 saturated carbocycles. The van der Waals surface area contributed by atoms with Gasteiger partial charge in [-0.05, 0) is 49.7 Å². The molecule has 0 saturated heterocycles. The van der Waals surface area contributed by atoms with Gasteiger partial charge in [-0.2, -0.15) is 5.10 Å². The first kappa shape index (κ1) is 20.4. The molecule has 0 radical (unpaired) electrons. The molecule has 1 heterocycles. The molecular weight excluding hydrogens is 373 g/mol. The highest BCUT2D eigenvalue weighted by atomic mass is 19.1. The molecule has 7 heteroatoms. The van der Waals surface area contributed by atoms with Crippen LogP contribution in [0.2, 0.25) is 0 Å².